The summed E-state index contributed by atoms with van der Waals surface area (Å²) < 4.78 is 0. The number of carboxylic acid groups (broad SMARTS) is 1. The first-order valence-electron chi connectivity index (χ1n) is 4.68. The number of carboxylic acids is 1. The molecule has 1 unspecified atom stereocenters. The van der Waals surface area contributed by atoms with Crippen molar-refractivity contribution < 1.29 is 15.1 Å². The number of aryl methyl sites for hydroxylation is 1. The lowest BCUT2D eigenvalue weighted by atomic mass is 10.0. The molecule has 0 saturated carbocycles. The molecule has 1 aromatic carbocycles. The normalized spacial score (nSPS) is 21.7. The van der Waals surface area contributed by atoms with Crippen molar-refractivity contribution in [1.82, 2.24) is 0 Å². The van der Waals surface area contributed by atoms with Crippen LogP contribution in [-0.2, 0) is 4.79 Å². The van der Waals surface area contributed by atoms with E-state index in [1.165, 1.54) is 0 Å². The summed E-state index contributed by atoms with van der Waals surface area (Å²) in [5.74, 6) is -1.45. The Bertz CT molecular complexity index is 451. The Morgan fingerprint density at radius 3 is 2.87 bits per heavy atom. The van der Waals surface area contributed by atoms with E-state index in [1.807, 2.05) is 19.1 Å². The molecule has 78 valence electrons. The maximum atomic E-state index is 11.0. The molecule has 0 heterocycles. The molecule has 1 atom stereocenters. The lowest BCUT2D eigenvalue weighted by Gasteiger charge is -2.04. The van der Waals surface area contributed by atoms with Crippen LogP contribution in [0.25, 0.3) is 0 Å². The number of oxime groups is 1. The van der Waals surface area contributed by atoms with Crippen LogP contribution in [0.3, 0.4) is 0 Å². The van der Waals surface area contributed by atoms with Crippen LogP contribution in [0.5, 0.6) is 0 Å². The highest BCUT2D eigenvalue weighted by molar-refractivity contribution is 6.08. The van der Waals surface area contributed by atoms with Gasteiger partial charge in [0, 0.05) is 12.0 Å². The molecule has 0 aliphatic heterocycles. The zero-order valence-electron chi connectivity index (χ0n) is 8.27. The van der Waals surface area contributed by atoms with Crippen LogP contribution in [0.4, 0.5) is 0 Å². The number of carbonyl (C=O) groups is 1. The van der Waals surface area contributed by atoms with Gasteiger partial charge in [0.25, 0.3) is 0 Å². The molecular formula is C11H11NO3. The Morgan fingerprint density at radius 2 is 2.27 bits per heavy atom. The van der Waals surface area contributed by atoms with Gasteiger partial charge in [-0.1, -0.05) is 22.9 Å². The predicted octanol–water partition coefficient (Wildman–Crippen LogP) is 1.75. The third-order valence-corrected chi connectivity index (χ3v) is 2.71. The number of fused-ring (bicyclic) bond motifs is 1. The SMILES string of the molecule is Cc1ccc2c(c1)/C(=N\O)CC2C(=O)O. The van der Waals surface area contributed by atoms with Crippen LogP contribution in [0, 0.1) is 6.92 Å². The number of benzene rings is 1. The van der Waals surface area contributed by atoms with E-state index in [4.69, 9.17) is 10.3 Å². The first-order chi connectivity index (χ1) is 7.13. The van der Waals surface area contributed by atoms with Gasteiger partial charge < -0.3 is 10.3 Å². The van der Waals surface area contributed by atoms with E-state index in [1.54, 1.807) is 6.07 Å². The summed E-state index contributed by atoms with van der Waals surface area (Å²) >= 11 is 0. The number of hydrogen-bond acceptors (Lipinski definition) is 3. The summed E-state index contributed by atoms with van der Waals surface area (Å²) in [5, 5.41) is 21.0. The van der Waals surface area contributed by atoms with Gasteiger partial charge in [-0.3, -0.25) is 4.79 Å². The molecule has 0 radical (unpaired) electrons. The van der Waals surface area contributed by atoms with Crippen LogP contribution in [0.15, 0.2) is 23.4 Å². The molecule has 2 N–H and O–H groups in total. The molecule has 1 aromatic rings. The Hall–Kier alpha value is -1.84. The number of rotatable bonds is 1. The predicted molar refractivity (Wildman–Crippen MR) is 54.5 cm³/mol. The van der Waals surface area contributed by atoms with Crippen molar-refractivity contribution in [2.45, 2.75) is 19.3 Å². The number of hydrogen-bond donors (Lipinski definition) is 2. The Balaban J connectivity index is 2.57. The van der Waals surface area contributed by atoms with Crippen molar-refractivity contribution in [2.24, 2.45) is 5.16 Å². The van der Waals surface area contributed by atoms with Gasteiger partial charge in [0.1, 0.15) is 0 Å². The van der Waals surface area contributed by atoms with Gasteiger partial charge in [-0.15, -0.1) is 0 Å². The van der Waals surface area contributed by atoms with E-state index in [9.17, 15) is 4.79 Å². The molecule has 0 aromatic heterocycles. The first-order valence-corrected chi connectivity index (χ1v) is 4.68. The molecule has 1 aliphatic carbocycles. The topological polar surface area (TPSA) is 69.9 Å². The quantitative estimate of drug-likeness (QED) is 0.542. The van der Waals surface area contributed by atoms with E-state index < -0.39 is 11.9 Å². The number of nitrogens with zero attached hydrogens (tertiary/aromatic N) is 1. The fraction of sp³-hybridized carbons (Fsp3) is 0.273. The van der Waals surface area contributed by atoms with Crippen LogP contribution in [-0.4, -0.2) is 22.0 Å². The summed E-state index contributed by atoms with van der Waals surface area (Å²) in [7, 11) is 0. The van der Waals surface area contributed by atoms with Gasteiger partial charge in [0.2, 0.25) is 0 Å². The highest BCUT2D eigenvalue weighted by atomic mass is 16.4. The Morgan fingerprint density at radius 1 is 1.53 bits per heavy atom. The van der Waals surface area contributed by atoms with Crippen LogP contribution in [0.1, 0.15) is 29.0 Å². The minimum Gasteiger partial charge on any atom is -0.481 e. The van der Waals surface area contributed by atoms with Gasteiger partial charge in [-0.05, 0) is 18.6 Å². The van der Waals surface area contributed by atoms with E-state index in [2.05, 4.69) is 5.16 Å². The average Bonchev–Trinajstić information content (AvgIpc) is 2.55. The van der Waals surface area contributed by atoms with Crippen molar-refractivity contribution in [3.8, 4) is 0 Å². The summed E-state index contributed by atoms with van der Waals surface area (Å²) in [4.78, 5) is 11.0. The van der Waals surface area contributed by atoms with Gasteiger partial charge in [-0.25, -0.2) is 0 Å². The average molecular weight is 205 g/mol. The van der Waals surface area contributed by atoms with Crippen molar-refractivity contribution in [1.29, 1.82) is 0 Å². The van der Waals surface area contributed by atoms with Crippen LogP contribution < -0.4 is 0 Å². The zero-order valence-corrected chi connectivity index (χ0v) is 8.27. The lowest BCUT2D eigenvalue weighted by Crippen LogP contribution is -2.08. The van der Waals surface area contributed by atoms with Crippen molar-refractivity contribution in [3.63, 3.8) is 0 Å². The second kappa shape index (κ2) is 3.38. The van der Waals surface area contributed by atoms with Crippen molar-refractivity contribution in [2.75, 3.05) is 0 Å². The molecule has 0 spiro atoms. The zero-order chi connectivity index (χ0) is 11.0. The lowest BCUT2D eigenvalue weighted by molar-refractivity contribution is -0.138. The molecule has 0 saturated heterocycles. The molecule has 0 amide bonds. The summed E-state index contributed by atoms with van der Waals surface area (Å²) in [5.41, 5.74) is 2.98. The molecule has 0 fully saturated rings. The highest BCUT2D eigenvalue weighted by Gasteiger charge is 2.33. The van der Waals surface area contributed by atoms with Gasteiger partial charge in [0.15, 0.2) is 0 Å². The van der Waals surface area contributed by atoms with Crippen molar-refractivity contribution >= 4 is 11.7 Å². The Labute approximate surface area is 86.8 Å². The molecule has 4 heteroatoms. The maximum Gasteiger partial charge on any atom is 0.311 e. The monoisotopic (exact) mass is 205 g/mol. The fourth-order valence-electron chi connectivity index (χ4n) is 1.95. The van der Waals surface area contributed by atoms with Gasteiger partial charge >= 0.3 is 5.97 Å². The minimum absolute atomic E-state index is 0.268. The maximum absolute atomic E-state index is 11.0. The third kappa shape index (κ3) is 1.48. The molecular weight excluding hydrogens is 194 g/mol. The second-order valence-corrected chi connectivity index (χ2v) is 3.73. The van der Waals surface area contributed by atoms with Gasteiger partial charge in [-0.2, -0.15) is 0 Å². The van der Waals surface area contributed by atoms with E-state index in [-0.39, 0.29) is 6.42 Å². The molecule has 4 nitrogen and oxygen atoms in total. The van der Waals surface area contributed by atoms with Crippen LogP contribution in [0.2, 0.25) is 0 Å². The summed E-state index contributed by atoms with van der Waals surface area (Å²) in [6.45, 7) is 1.92. The standard InChI is InChI=1S/C11H11NO3/c1-6-2-3-7-8(4-6)10(12-15)5-9(7)11(13)14/h2-4,9,15H,5H2,1H3,(H,13,14)/b12-10-. The number of aliphatic carboxylic acids is 1. The van der Waals surface area contributed by atoms with Crippen molar-refractivity contribution in [3.05, 3.63) is 34.9 Å². The molecule has 2 rings (SSSR count). The summed E-state index contributed by atoms with van der Waals surface area (Å²) in [6, 6.07) is 5.52. The van der Waals surface area contributed by atoms with Crippen LogP contribution >= 0.6 is 0 Å². The first kappa shape index (κ1) is 9.71. The third-order valence-electron chi connectivity index (χ3n) is 2.71. The molecule has 15 heavy (non-hydrogen) atoms. The highest BCUT2D eigenvalue weighted by Crippen LogP contribution is 2.34. The fourth-order valence-corrected chi connectivity index (χ4v) is 1.95. The van der Waals surface area contributed by atoms with E-state index in [0.717, 1.165) is 16.7 Å². The van der Waals surface area contributed by atoms with E-state index in [0.29, 0.717) is 5.71 Å². The smallest absolute Gasteiger partial charge is 0.311 e. The molecule has 0 bridgehead atoms. The molecule has 1 aliphatic rings. The minimum atomic E-state index is -0.876. The second-order valence-electron chi connectivity index (χ2n) is 3.73. The summed E-state index contributed by atoms with van der Waals surface area (Å²) in [6.07, 6.45) is 0.268. The van der Waals surface area contributed by atoms with E-state index >= 15 is 0 Å². The largest absolute Gasteiger partial charge is 0.481 e. The van der Waals surface area contributed by atoms with Gasteiger partial charge in [0.05, 0.1) is 11.6 Å². The Kier molecular flexibility index (Phi) is 2.19.